The number of nitrogens with two attached hydrogens (primary N) is 1. The highest BCUT2D eigenvalue weighted by molar-refractivity contribution is 6.35. The van der Waals surface area contributed by atoms with Crippen molar-refractivity contribution in [3.63, 3.8) is 0 Å². The third-order valence-corrected chi connectivity index (χ3v) is 4.62. The average molecular weight is 319 g/mol. The van der Waals surface area contributed by atoms with Crippen LogP contribution in [-0.4, -0.2) is 28.2 Å². The van der Waals surface area contributed by atoms with Crippen LogP contribution in [0, 0.1) is 0 Å². The molecule has 1 aromatic heterocycles. The Morgan fingerprint density at radius 3 is 2.68 bits per heavy atom. The van der Waals surface area contributed by atoms with Crippen molar-refractivity contribution in [2.75, 3.05) is 23.7 Å². The molecule has 116 valence electrons. The highest BCUT2D eigenvalue weighted by atomic mass is 35.5. The maximum Gasteiger partial charge on any atom is 0.153 e. The number of aliphatic hydroxyl groups is 1. The van der Waals surface area contributed by atoms with E-state index >= 15 is 0 Å². The summed E-state index contributed by atoms with van der Waals surface area (Å²) in [4.78, 5) is 10.3. The van der Waals surface area contributed by atoms with Crippen LogP contribution in [-0.2, 0) is 6.61 Å². The minimum absolute atomic E-state index is 0.0880. The zero-order valence-electron chi connectivity index (χ0n) is 12.2. The normalized spacial score (nSPS) is 16.0. The van der Waals surface area contributed by atoms with E-state index in [-0.39, 0.29) is 6.61 Å². The quantitative estimate of drug-likeness (QED) is 0.909. The van der Waals surface area contributed by atoms with Crippen molar-refractivity contribution in [2.45, 2.75) is 25.4 Å². The number of piperidine rings is 1. The van der Waals surface area contributed by atoms with E-state index in [2.05, 4.69) is 20.9 Å². The molecule has 3 rings (SSSR count). The molecule has 2 aromatic rings. The molecule has 1 aliphatic heterocycles. The Morgan fingerprint density at radius 2 is 1.95 bits per heavy atom. The second kappa shape index (κ2) is 6.50. The number of aliphatic hydroxyl groups excluding tert-OH is 1. The first kappa shape index (κ1) is 15.1. The van der Waals surface area contributed by atoms with Gasteiger partial charge in [-0.15, -0.1) is 0 Å². The summed E-state index contributed by atoms with van der Waals surface area (Å²) in [5.74, 6) is 1.49. The van der Waals surface area contributed by atoms with Crippen molar-refractivity contribution in [2.24, 2.45) is 0 Å². The topological polar surface area (TPSA) is 75.3 Å². The van der Waals surface area contributed by atoms with Crippen LogP contribution in [0.3, 0.4) is 0 Å². The number of hydrogen-bond donors (Lipinski definition) is 2. The number of benzene rings is 1. The zero-order valence-corrected chi connectivity index (χ0v) is 13.0. The first-order valence-electron chi connectivity index (χ1n) is 7.40. The largest absolute Gasteiger partial charge is 0.392 e. The van der Waals surface area contributed by atoms with Gasteiger partial charge in [0.25, 0.3) is 0 Å². The number of rotatable bonds is 3. The third kappa shape index (κ3) is 2.87. The molecule has 1 aliphatic rings. The molecule has 0 spiro atoms. The van der Waals surface area contributed by atoms with Crippen molar-refractivity contribution < 1.29 is 5.11 Å². The molecule has 0 aliphatic carbocycles. The second-order valence-corrected chi connectivity index (χ2v) is 5.89. The zero-order chi connectivity index (χ0) is 15.5. The molecular formula is C16H19ClN4O. The summed E-state index contributed by atoms with van der Waals surface area (Å²) in [6.07, 6.45) is 3.44. The van der Waals surface area contributed by atoms with Crippen LogP contribution in [0.15, 0.2) is 30.6 Å². The fourth-order valence-corrected chi connectivity index (χ4v) is 3.29. The van der Waals surface area contributed by atoms with Gasteiger partial charge >= 0.3 is 0 Å². The van der Waals surface area contributed by atoms with E-state index in [0.717, 1.165) is 31.5 Å². The third-order valence-electron chi connectivity index (χ3n) is 4.26. The number of nitrogen functional groups attached to an aromatic ring is 1. The standard InChI is InChI=1S/C16H19ClN4O/c17-14-15(18)19-10-20-16(14)21-7-5-11(6-8-21)13-4-2-1-3-12(13)9-22/h1-4,10-11,22H,5-9H2,(H2,18,19,20). The lowest BCUT2D eigenvalue weighted by atomic mass is 9.86. The lowest BCUT2D eigenvalue weighted by Crippen LogP contribution is -2.34. The highest BCUT2D eigenvalue weighted by Gasteiger charge is 2.24. The van der Waals surface area contributed by atoms with Crippen molar-refractivity contribution in [3.05, 3.63) is 46.7 Å². The van der Waals surface area contributed by atoms with E-state index in [1.165, 1.54) is 11.9 Å². The molecule has 1 fully saturated rings. The molecule has 3 N–H and O–H groups in total. The molecular weight excluding hydrogens is 300 g/mol. The molecule has 0 amide bonds. The summed E-state index contributed by atoms with van der Waals surface area (Å²) in [6, 6.07) is 8.10. The van der Waals surface area contributed by atoms with E-state index in [9.17, 15) is 5.11 Å². The molecule has 0 unspecified atom stereocenters. The molecule has 1 aromatic carbocycles. The summed E-state index contributed by atoms with van der Waals surface area (Å²) in [5.41, 5.74) is 8.01. The van der Waals surface area contributed by atoms with Gasteiger partial charge in [0.1, 0.15) is 17.2 Å². The van der Waals surface area contributed by atoms with E-state index in [0.29, 0.717) is 22.6 Å². The van der Waals surface area contributed by atoms with Crippen LogP contribution < -0.4 is 10.6 Å². The minimum atomic E-state index is 0.0880. The number of nitrogens with zero attached hydrogens (tertiary/aromatic N) is 3. The van der Waals surface area contributed by atoms with Gasteiger partial charge in [0, 0.05) is 13.1 Å². The van der Waals surface area contributed by atoms with Gasteiger partial charge < -0.3 is 15.7 Å². The summed E-state index contributed by atoms with van der Waals surface area (Å²) in [7, 11) is 0. The van der Waals surface area contributed by atoms with Crippen LogP contribution >= 0.6 is 11.6 Å². The first-order chi connectivity index (χ1) is 10.7. The summed E-state index contributed by atoms with van der Waals surface area (Å²) in [6.45, 7) is 1.81. The van der Waals surface area contributed by atoms with E-state index in [4.69, 9.17) is 17.3 Å². The van der Waals surface area contributed by atoms with Crippen LogP contribution in [0.2, 0.25) is 5.02 Å². The Morgan fingerprint density at radius 1 is 1.23 bits per heavy atom. The van der Waals surface area contributed by atoms with E-state index in [1.54, 1.807) is 0 Å². The van der Waals surface area contributed by atoms with Gasteiger partial charge in [0.15, 0.2) is 5.82 Å². The fourth-order valence-electron chi connectivity index (χ4n) is 3.07. The van der Waals surface area contributed by atoms with Crippen molar-refractivity contribution in [1.82, 2.24) is 9.97 Å². The molecule has 0 bridgehead atoms. The number of aromatic nitrogens is 2. The number of anilines is 2. The van der Waals surface area contributed by atoms with Crippen LogP contribution in [0.4, 0.5) is 11.6 Å². The van der Waals surface area contributed by atoms with Gasteiger partial charge in [-0.25, -0.2) is 9.97 Å². The Kier molecular flexibility index (Phi) is 4.45. The molecule has 5 nitrogen and oxygen atoms in total. The first-order valence-corrected chi connectivity index (χ1v) is 7.78. The lowest BCUT2D eigenvalue weighted by molar-refractivity contribution is 0.279. The van der Waals surface area contributed by atoms with E-state index in [1.807, 2.05) is 18.2 Å². The van der Waals surface area contributed by atoms with Gasteiger partial charge in [-0.2, -0.15) is 0 Å². The predicted molar refractivity (Wildman–Crippen MR) is 88.0 cm³/mol. The maximum absolute atomic E-state index is 9.49. The van der Waals surface area contributed by atoms with Crippen LogP contribution in [0.5, 0.6) is 0 Å². The molecule has 2 heterocycles. The SMILES string of the molecule is Nc1ncnc(N2CCC(c3ccccc3CO)CC2)c1Cl. The predicted octanol–water partition coefficient (Wildman–Crippen LogP) is 2.59. The highest BCUT2D eigenvalue weighted by Crippen LogP contribution is 2.34. The lowest BCUT2D eigenvalue weighted by Gasteiger charge is -2.34. The Balaban J connectivity index is 1.74. The summed E-state index contributed by atoms with van der Waals surface area (Å²) in [5, 5.41) is 9.91. The van der Waals surface area contributed by atoms with Gasteiger partial charge in [-0.05, 0) is 29.9 Å². The Labute approximate surface area is 134 Å². The van der Waals surface area contributed by atoms with Crippen molar-refractivity contribution in [3.8, 4) is 0 Å². The van der Waals surface area contributed by atoms with Crippen molar-refractivity contribution >= 4 is 23.2 Å². The second-order valence-electron chi connectivity index (χ2n) is 5.51. The molecule has 22 heavy (non-hydrogen) atoms. The maximum atomic E-state index is 9.49. The smallest absolute Gasteiger partial charge is 0.153 e. The van der Waals surface area contributed by atoms with E-state index < -0.39 is 0 Å². The molecule has 1 saturated heterocycles. The van der Waals surface area contributed by atoms with Crippen LogP contribution in [0.1, 0.15) is 29.9 Å². The average Bonchev–Trinajstić information content (AvgIpc) is 2.57. The minimum Gasteiger partial charge on any atom is -0.392 e. The Bertz CT molecular complexity index is 656. The van der Waals surface area contributed by atoms with Crippen molar-refractivity contribution in [1.29, 1.82) is 0 Å². The Hall–Kier alpha value is -1.85. The summed E-state index contributed by atoms with van der Waals surface area (Å²) >= 11 is 6.20. The molecule has 0 atom stereocenters. The monoisotopic (exact) mass is 318 g/mol. The molecule has 0 saturated carbocycles. The fraction of sp³-hybridized carbons (Fsp3) is 0.375. The molecule has 6 heteroatoms. The van der Waals surface area contributed by atoms with Gasteiger partial charge in [-0.3, -0.25) is 0 Å². The summed E-state index contributed by atoms with van der Waals surface area (Å²) < 4.78 is 0. The number of halogens is 1. The van der Waals surface area contributed by atoms with Gasteiger partial charge in [-0.1, -0.05) is 35.9 Å². The number of hydrogen-bond acceptors (Lipinski definition) is 5. The molecule has 0 radical (unpaired) electrons. The van der Waals surface area contributed by atoms with Gasteiger partial charge in [0.2, 0.25) is 0 Å². The van der Waals surface area contributed by atoms with Gasteiger partial charge in [0.05, 0.1) is 6.61 Å². The van der Waals surface area contributed by atoms with Crippen LogP contribution in [0.25, 0.3) is 0 Å².